The van der Waals surface area contributed by atoms with Gasteiger partial charge in [0.15, 0.2) is 5.69 Å². The fourth-order valence-electron chi connectivity index (χ4n) is 2.37. The monoisotopic (exact) mass is 371 g/mol. The fraction of sp³-hybridized carbons (Fsp3) is 0.118. The quantitative estimate of drug-likeness (QED) is 0.507. The van der Waals surface area contributed by atoms with Crippen LogP contribution >= 0.6 is 11.6 Å². The molecule has 8 nitrogen and oxygen atoms in total. The molecule has 0 unspecified atom stereocenters. The third-order valence-corrected chi connectivity index (χ3v) is 4.06. The van der Waals surface area contributed by atoms with E-state index in [1.165, 1.54) is 34.1 Å². The number of nitro groups is 1. The molecule has 0 fully saturated rings. The van der Waals surface area contributed by atoms with Gasteiger partial charge in [-0.25, -0.2) is 0 Å². The summed E-state index contributed by atoms with van der Waals surface area (Å²) in [6, 6.07) is 13.3. The van der Waals surface area contributed by atoms with Crippen LogP contribution < -0.4 is 0 Å². The van der Waals surface area contributed by atoms with Crippen LogP contribution in [0.15, 0.2) is 54.7 Å². The number of carbonyl (C=O) groups excluding carboxylic acids is 1. The van der Waals surface area contributed by atoms with E-state index in [2.05, 4.69) is 10.2 Å². The van der Waals surface area contributed by atoms with Crippen molar-refractivity contribution in [3.8, 4) is 5.69 Å². The molecule has 3 rings (SSSR count). The predicted molar refractivity (Wildman–Crippen MR) is 95.3 cm³/mol. The lowest BCUT2D eigenvalue weighted by Gasteiger charge is -2.16. The van der Waals surface area contributed by atoms with E-state index >= 15 is 0 Å². The number of aromatic nitrogens is 3. The van der Waals surface area contributed by atoms with E-state index in [0.717, 1.165) is 5.69 Å². The lowest BCUT2D eigenvalue weighted by molar-refractivity contribution is -0.384. The molecule has 132 valence electrons. The van der Waals surface area contributed by atoms with E-state index in [4.69, 9.17) is 11.6 Å². The number of halogens is 1. The average molecular weight is 372 g/mol. The number of non-ortho nitro benzene ring substituents is 1. The summed E-state index contributed by atoms with van der Waals surface area (Å²) in [5.74, 6) is -0.366. The molecule has 0 radical (unpaired) electrons. The van der Waals surface area contributed by atoms with E-state index in [-0.39, 0.29) is 23.8 Å². The van der Waals surface area contributed by atoms with Crippen molar-refractivity contribution >= 4 is 23.2 Å². The van der Waals surface area contributed by atoms with Crippen molar-refractivity contribution in [2.24, 2.45) is 0 Å². The lowest BCUT2D eigenvalue weighted by Crippen LogP contribution is -2.27. The minimum Gasteiger partial charge on any atom is -0.336 e. The SMILES string of the molecule is CN(Cc1cc([N+](=O)[O-])ccc1Cl)C(=O)c1cnn(-c2ccccc2)n1. The minimum absolute atomic E-state index is 0.0831. The minimum atomic E-state index is -0.507. The zero-order chi connectivity index (χ0) is 18.7. The van der Waals surface area contributed by atoms with Gasteiger partial charge in [-0.2, -0.15) is 9.90 Å². The van der Waals surface area contributed by atoms with Crippen LogP contribution in [0.25, 0.3) is 5.69 Å². The van der Waals surface area contributed by atoms with E-state index in [0.29, 0.717) is 10.6 Å². The Hall–Kier alpha value is -3.26. The maximum absolute atomic E-state index is 12.6. The number of rotatable bonds is 5. The molecule has 1 amide bonds. The summed E-state index contributed by atoms with van der Waals surface area (Å²) in [7, 11) is 1.57. The standard InChI is InChI=1S/C17H14ClN5O3/c1-21(11-12-9-14(23(25)26)7-8-15(12)18)17(24)16-10-19-22(20-16)13-5-3-2-4-6-13/h2-10H,11H2,1H3. The number of carbonyl (C=O) groups is 1. The second-order valence-corrected chi connectivity index (χ2v) is 5.96. The van der Waals surface area contributed by atoms with Crippen molar-refractivity contribution in [3.05, 3.63) is 81.1 Å². The molecule has 0 aliphatic heterocycles. The summed E-state index contributed by atoms with van der Waals surface area (Å²) >= 11 is 6.09. The Kier molecular flexibility index (Phi) is 4.94. The topological polar surface area (TPSA) is 94.2 Å². The molecule has 0 aliphatic rings. The number of hydrogen-bond donors (Lipinski definition) is 0. The highest BCUT2D eigenvalue weighted by atomic mass is 35.5. The predicted octanol–water partition coefficient (Wildman–Crippen LogP) is 3.10. The van der Waals surface area contributed by atoms with Gasteiger partial charge in [-0.05, 0) is 23.8 Å². The molecule has 0 spiro atoms. The number of amides is 1. The molecular formula is C17H14ClN5O3. The van der Waals surface area contributed by atoms with Crippen LogP contribution in [0, 0.1) is 10.1 Å². The molecule has 0 saturated carbocycles. The lowest BCUT2D eigenvalue weighted by atomic mass is 10.2. The number of nitrogens with zero attached hydrogens (tertiary/aromatic N) is 5. The maximum Gasteiger partial charge on any atom is 0.276 e. The number of benzene rings is 2. The van der Waals surface area contributed by atoms with Crippen LogP contribution in [0.3, 0.4) is 0 Å². The van der Waals surface area contributed by atoms with Crippen LogP contribution in [0.1, 0.15) is 16.1 Å². The van der Waals surface area contributed by atoms with Crippen molar-refractivity contribution in [2.75, 3.05) is 7.05 Å². The summed E-state index contributed by atoms with van der Waals surface area (Å²) in [6.45, 7) is 0.109. The first kappa shape index (κ1) is 17.6. The molecule has 0 N–H and O–H groups in total. The van der Waals surface area contributed by atoms with Crippen LogP contribution in [0.4, 0.5) is 5.69 Å². The highest BCUT2D eigenvalue weighted by Crippen LogP contribution is 2.23. The van der Waals surface area contributed by atoms with Crippen molar-refractivity contribution in [1.29, 1.82) is 0 Å². The van der Waals surface area contributed by atoms with Crippen molar-refractivity contribution in [2.45, 2.75) is 6.54 Å². The zero-order valence-corrected chi connectivity index (χ0v) is 14.5. The third-order valence-electron chi connectivity index (χ3n) is 3.69. The van der Waals surface area contributed by atoms with Gasteiger partial charge in [0.1, 0.15) is 0 Å². The Labute approximate surface area is 153 Å². The highest BCUT2D eigenvalue weighted by molar-refractivity contribution is 6.31. The van der Waals surface area contributed by atoms with Crippen LogP contribution in [-0.4, -0.2) is 37.8 Å². The molecule has 0 bridgehead atoms. The summed E-state index contributed by atoms with van der Waals surface area (Å²) in [6.07, 6.45) is 1.38. The molecular weight excluding hydrogens is 358 g/mol. The summed E-state index contributed by atoms with van der Waals surface area (Å²) in [5.41, 5.74) is 1.29. The van der Waals surface area contributed by atoms with Crippen LogP contribution in [0.2, 0.25) is 5.02 Å². The van der Waals surface area contributed by atoms with Crippen LogP contribution in [0.5, 0.6) is 0 Å². The molecule has 0 atom stereocenters. The molecule has 0 saturated heterocycles. The summed E-state index contributed by atoms with van der Waals surface area (Å²) in [4.78, 5) is 25.7. The summed E-state index contributed by atoms with van der Waals surface area (Å²) in [5, 5.41) is 19.5. The first-order valence-corrected chi connectivity index (χ1v) is 7.99. The second kappa shape index (κ2) is 7.32. The second-order valence-electron chi connectivity index (χ2n) is 5.55. The van der Waals surface area contributed by atoms with Gasteiger partial charge in [0.25, 0.3) is 11.6 Å². The van der Waals surface area contributed by atoms with Gasteiger partial charge in [-0.15, -0.1) is 5.10 Å². The zero-order valence-electron chi connectivity index (χ0n) is 13.7. The molecule has 0 aliphatic carbocycles. The van der Waals surface area contributed by atoms with Gasteiger partial charge in [-0.1, -0.05) is 29.8 Å². The van der Waals surface area contributed by atoms with Gasteiger partial charge in [0.2, 0.25) is 0 Å². The van der Waals surface area contributed by atoms with Crippen molar-refractivity contribution < 1.29 is 9.72 Å². The number of nitro benzene ring substituents is 1. The first-order valence-electron chi connectivity index (χ1n) is 7.62. The molecule has 9 heteroatoms. The van der Waals surface area contributed by atoms with E-state index < -0.39 is 4.92 Å². The molecule has 26 heavy (non-hydrogen) atoms. The Bertz CT molecular complexity index is 958. The van der Waals surface area contributed by atoms with Crippen molar-refractivity contribution in [1.82, 2.24) is 19.9 Å². The molecule has 1 heterocycles. The smallest absolute Gasteiger partial charge is 0.276 e. The average Bonchev–Trinajstić information content (AvgIpc) is 3.13. The van der Waals surface area contributed by atoms with Crippen LogP contribution in [-0.2, 0) is 6.54 Å². The van der Waals surface area contributed by atoms with Gasteiger partial charge >= 0.3 is 0 Å². The normalized spacial score (nSPS) is 10.5. The Morgan fingerprint density at radius 1 is 1.27 bits per heavy atom. The number of para-hydroxylation sites is 1. The largest absolute Gasteiger partial charge is 0.336 e. The van der Waals surface area contributed by atoms with Gasteiger partial charge in [0, 0.05) is 30.7 Å². The van der Waals surface area contributed by atoms with Gasteiger partial charge in [0.05, 0.1) is 16.8 Å². The number of hydrogen-bond acceptors (Lipinski definition) is 5. The van der Waals surface area contributed by atoms with Gasteiger partial charge < -0.3 is 4.90 Å². The Morgan fingerprint density at radius 3 is 2.69 bits per heavy atom. The molecule has 2 aromatic carbocycles. The Balaban J connectivity index is 1.78. The molecule has 3 aromatic rings. The van der Waals surface area contributed by atoms with E-state index in [1.54, 1.807) is 7.05 Å². The third kappa shape index (κ3) is 3.70. The van der Waals surface area contributed by atoms with Gasteiger partial charge in [-0.3, -0.25) is 14.9 Å². The van der Waals surface area contributed by atoms with Crippen molar-refractivity contribution in [3.63, 3.8) is 0 Å². The fourth-order valence-corrected chi connectivity index (χ4v) is 2.54. The maximum atomic E-state index is 12.6. The Morgan fingerprint density at radius 2 is 2.00 bits per heavy atom. The van der Waals surface area contributed by atoms with E-state index in [9.17, 15) is 14.9 Å². The van der Waals surface area contributed by atoms with E-state index in [1.807, 2.05) is 30.3 Å². The highest BCUT2D eigenvalue weighted by Gasteiger charge is 2.19. The molecule has 1 aromatic heterocycles. The summed E-state index contributed by atoms with van der Waals surface area (Å²) < 4.78 is 0. The first-order chi connectivity index (χ1) is 12.5.